The quantitative estimate of drug-likeness (QED) is 0.632. The van der Waals surface area contributed by atoms with E-state index in [4.69, 9.17) is 4.74 Å². The zero-order valence-electron chi connectivity index (χ0n) is 14.8. The highest BCUT2D eigenvalue weighted by Crippen LogP contribution is 2.28. The lowest BCUT2D eigenvalue weighted by Gasteiger charge is -2.23. The van der Waals surface area contributed by atoms with Crippen LogP contribution in [-0.2, 0) is 14.8 Å². The molecule has 0 saturated heterocycles. The van der Waals surface area contributed by atoms with Crippen molar-refractivity contribution < 1.29 is 22.3 Å². The van der Waals surface area contributed by atoms with Crippen molar-refractivity contribution in [3.8, 4) is 5.75 Å². The molecule has 1 amide bonds. The van der Waals surface area contributed by atoms with Crippen LogP contribution in [0.25, 0.3) is 0 Å². The van der Waals surface area contributed by atoms with Gasteiger partial charge >= 0.3 is 0 Å². The summed E-state index contributed by atoms with van der Waals surface area (Å²) in [5, 5.41) is 4.21. The lowest BCUT2D eigenvalue weighted by molar-refractivity contribution is -0.114. The minimum atomic E-state index is -4.11. The summed E-state index contributed by atoms with van der Waals surface area (Å²) in [6.45, 7) is -0.585. The van der Waals surface area contributed by atoms with E-state index in [1.807, 2.05) is 0 Å². The third-order valence-corrected chi connectivity index (χ3v) is 6.93. The molecule has 0 fully saturated rings. The summed E-state index contributed by atoms with van der Waals surface area (Å²) in [4.78, 5) is 12.5. The average Bonchev–Trinajstić information content (AvgIpc) is 3.22. The summed E-state index contributed by atoms with van der Waals surface area (Å²) >= 11 is 0.994. The van der Waals surface area contributed by atoms with Crippen molar-refractivity contribution in [2.75, 3.05) is 23.3 Å². The van der Waals surface area contributed by atoms with Crippen LogP contribution in [0.4, 0.5) is 15.8 Å². The number of anilines is 2. The number of carbonyl (C=O) groups is 1. The first-order chi connectivity index (χ1) is 13.4. The van der Waals surface area contributed by atoms with Gasteiger partial charge in [-0.3, -0.25) is 9.10 Å². The van der Waals surface area contributed by atoms with Gasteiger partial charge in [0.25, 0.3) is 10.0 Å². The number of nitrogens with zero attached hydrogens (tertiary/aromatic N) is 1. The highest BCUT2D eigenvalue weighted by atomic mass is 32.2. The Morgan fingerprint density at radius 3 is 2.61 bits per heavy atom. The number of para-hydroxylation sites is 1. The molecule has 2 aromatic carbocycles. The second-order valence-corrected chi connectivity index (χ2v) is 8.71. The van der Waals surface area contributed by atoms with E-state index in [-0.39, 0.29) is 9.90 Å². The van der Waals surface area contributed by atoms with Gasteiger partial charge in [-0.1, -0.05) is 24.3 Å². The van der Waals surface area contributed by atoms with Gasteiger partial charge in [0, 0.05) is 11.8 Å². The van der Waals surface area contributed by atoms with Crippen molar-refractivity contribution in [2.24, 2.45) is 0 Å². The van der Waals surface area contributed by atoms with Gasteiger partial charge in [0.15, 0.2) is 0 Å². The van der Waals surface area contributed by atoms with Crippen LogP contribution in [0.1, 0.15) is 0 Å². The highest BCUT2D eigenvalue weighted by Gasteiger charge is 2.29. The summed E-state index contributed by atoms with van der Waals surface area (Å²) < 4.78 is 46.2. The second-order valence-electron chi connectivity index (χ2n) is 5.68. The molecule has 1 heterocycles. The van der Waals surface area contributed by atoms with Crippen molar-refractivity contribution >= 4 is 38.6 Å². The van der Waals surface area contributed by atoms with Crippen LogP contribution in [-0.4, -0.2) is 28.0 Å². The fraction of sp³-hybridized carbons (Fsp3) is 0.105. The molecule has 28 heavy (non-hydrogen) atoms. The van der Waals surface area contributed by atoms with Crippen molar-refractivity contribution in [1.29, 1.82) is 0 Å². The molecule has 0 atom stereocenters. The smallest absolute Gasteiger partial charge is 0.274 e. The van der Waals surface area contributed by atoms with E-state index >= 15 is 0 Å². The molecule has 0 bridgehead atoms. The van der Waals surface area contributed by atoms with Crippen molar-refractivity contribution in [3.63, 3.8) is 0 Å². The molecular weight excluding hydrogens is 403 g/mol. The van der Waals surface area contributed by atoms with Crippen molar-refractivity contribution in [2.45, 2.75) is 4.21 Å². The van der Waals surface area contributed by atoms with E-state index < -0.39 is 28.3 Å². The van der Waals surface area contributed by atoms with E-state index in [2.05, 4.69) is 5.32 Å². The number of sulfonamides is 1. The van der Waals surface area contributed by atoms with Crippen LogP contribution >= 0.6 is 11.3 Å². The Kier molecular flexibility index (Phi) is 5.96. The average molecular weight is 420 g/mol. The summed E-state index contributed by atoms with van der Waals surface area (Å²) in [7, 11) is -2.61. The molecule has 0 aliphatic heterocycles. The van der Waals surface area contributed by atoms with Crippen molar-refractivity contribution in [3.05, 3.63) is 71.9 Å². The predicted octanol–water partition coefficient (Wildman–Crippen LogP) is 3.73. The fourth-order valence-electron chi connectivity index (χ4n) is 2.50. The standard InChI is InChI=1S/C19H17FN2O4S2/c1-26-15-7-4-6-14(12-15)21-18(23)13-22(17-9-3-2-8-16(17)20)28(24,25)19-10-5-11-27-19/h2-12H,13H2,1H3,(H,21,23). The Balaban J connectivity index is 1.91. The third kappa shape index (κ3) is 4.32. The number of methoxy groups -OCH3 is 1. The van der Waals surface area contributed by atoms with Crippen LogP contribution in [0, 0.1) is 5.82 Å². The molecule has 1 aromatic heterocycles. The lowest BCUT2D eigenvalue weighted by Crippen LogP contribution is -2.38. The molecule has 6 nitrogen and oxygen atoms in total. The number of thiophene rings is 1. The maximum absolute atomic E-state index is 14.3. The molecule has 3 rings (SSSR count). The summed E-state index contributed by atoms with van der Waals surface area (Å²) in [6, 6.07) is 15.0. The van der Waals surface area contributed by atoms with E-state index in [0.717, 1.165) is 21.7 Å². The molecule has 9 heteroatoms. The topological polar surface area (TPSA) is 75.7 Å². The number of amides is 1. The first-order valence-corrected chi connectivity index (χ1v) is 10.5. The Hall–Kier alpha value is -2.91. The molecule has 0 unspecified atom stereocenters. The summed E-state index contributed by atoms with van der Waals surface area (Å²) in [6.07, 6.45) is 0. The molecular formula is C19H17FN2O4S2. The lowest BCUT2D eigenvalue weighted by atomic mass is 10.3. The number of rotatable bonds is 7. The van der Waals surface area contributed by atoms with E-state index in [0.29, 0.717) is 11.4 Å². The molecule has 146 valence electrons. The third-order valence-electron chi connectivity index (χ3n) is 3.80. The van der Waals surface area contributed by atoms with Crippen molar-refractivity contribution in [1.82, 2.24) is 0 Å². The number of hydrogen-bond donors (Lipinski definition) is 1. The Bertz CT molecular complexity index is 1070. The zero-order valence-corrected chi connectivity index (χ0v) is 16.5. The summed E-state index contributed by atoms with van der Waals surface area (Å²) in [5.41, 5.74) is 0.239. The number of benzene rings is 2. The number of halogens is 1. The Morgan fingerprint density at radius 2 is 1.93 bits per heavy atom. The van der Waals surface area contributed by atoms with E-state index in [1.54, 1.807) is 35.7 Å². The molecule has 0 spiro atoms. The van der Waals surface area contributed by atoms with Crippen LogP contribution in [0.5, 0.6) is 5.75 Å². The first-order valence-electron chi connectivity index (χ1n) is 8.16. The van der Waals surface area contributed by atoms with E-state index in [9.17, 15) is 17.6 Å². The monoisotopic (exact) mass is 420 g/mol. The second kappa shape index (κ2) is 8.41. The molecule has 3 aromatic rings. The molecule has 0 saturated carbocycles. The molecule has 0 radical (unpaired) electrons. The van der Waals surface area contributed by atoms with Gasteiger partial charge in [0.05, 0.1) is 12.8 Å². The fourth-order valence-corrected chi connectivity index (χ4v) is 5.04. The number of hydrogen-bond acceptors (Lipinski definition) is 5. The van der Waals surface area contributed by atoms with Gasteiger partial charge in [-0.25, -0.2) is 12.8 Å². The van der Waals surface area contributed by atoms with Gasteiger partial charge in [-0.15, -0.1) is 11.3 Å². The van der Waals surface area contributed by atoms with Gasteiger partial charge in [0.1, 0.15) is 22.3 Å². The molecule has 0 aliphatic rings. The number of carbonyl (C=O) groups excluding carboxylic acids is 1. The predicted molar refractivity (Wildman–Crippen MR) is 107 cm³/mol. The van der Waals surface area contributed by atoms with Crippen LogP contribution in [0.15, 0.2) is 70.3 Å². The maximum atomic E-state index is 14.3. The minimum absolute atomic E-state index is 0.0185. The van der Waals surface area contributed by atoms with Crippen LogP contribution in [0.3, 0.4) is 0 Å². The van der Waals surface area contributed by atoms with Crippen LogP contribution in [0.2, 0.25) is 0 Å². The highest BCUT2D eigenvalue weighted by molar-refractivity contribution is 7.94. The molecule has 0 aliphatic carbocycles. The molecule has 1 N–H and O–H groups in total. The van der Waals surface area contributed by atoms with E-state index in [1.165, 1.54) is 31.4 Å². The number of nitrogens with one attached hydrogen (secondary N) is 1. The van der Waals surface area contributed by atoms with Gasteiger partial charge in [-0.2, -0.15) is 0 Å². The first kappa shape index (κ1) is 19.8. The maximum Gasteiger partial charge on any atom is 0.274 e. The Morgan fingerprint density at radius 1 is 1.14 bits per heavy atom. The SMILES string of the molecule is COc1cccc(NC(=O)CN(c2ccccc2F)S(=O)(=O)c2cccs2)c1. The van der Waals surface area contributed by atoms with Gasteiger partial charge < -0.3 is 10.1 Å². The minimum Gasteiger partial charge on any atom is -0.497 e. The van der Waals surface area contributed by atoms with Gasteiger partial charge in [-0.05, 0) is 35.7 Å². The Labute approximate surface area is 166 Å². The van der Waals surface area contributed by atoms with Gasteiger partial charge in [0.2, 0.25) is 5.91 Å². The number of ether oxygens (including phenoxy) is 1. The summed E-state index contributed by atoms with van der Waals surface area (Å²) in [5.74, 6) is -0.816. The zero-order chi connectivity index (χ0) is 20.1. The normalized spacial score (nSPS) is 11.1. The van der Waals surface area contributed by atoms with Crippen LogP contribution < -0.4 is 14.4 Å². The largest absolute Gasteiger partial charge is 0.497 e.